The average Bonchev–Trinajstić information content (AvgIpc) is 2.92. The Hall–Kier alpha value is -0.970. The van der Waals surface area contributed by atoms with Crippen LogP contribution in [0.2, 0.25) is 5.02 Å². The zero-order chi connectivity index (χ0) is 13.8. The SMILES string of the molecule is CC(CNC(C)c1ccc(Cl)c(F)c1)c1nccs1. The molecule has 0 aliphatic carbocycles. The summed E-state index contributed by atoms with van der Waals surface area (Å²) in [5, 5.41) is 6.64. The monoisotopic (exact) mass is 298 g/mol. The molecule has 102 valence electrons. The maximum Gasteiger partial charge on any atom is 0.142 e. The van der Waals surface area contributed by atoms with Crippen molar-refractivity contribution >= 4 is 22.9 Å². The number of nitrogens with zero attached hydrogens (tertiary/aromatic N) is 1. The second-order valence-electron chi connectivity index (χ2n) is 4.57. The second kappa shape index (κ2) is 6.46. The highest BCUT2D eigenvalue weighted by molar-refractivity contribution is 7.09. The maximum absolute atomic E-state index is 13.4. The van der Waals surface area contributed by atoms with Crippen LogP contribution in [0.5, 0.6) is 0 Å². The van der Waals surface area contributed by atoms with E-state index in [-0.39, 0.29) is 16.9 Å². The van der Waals surface area contributed by atoms with Crippen molar-refractivity contribution in [1.82, 2.24) is 10.3 Å². The van der Waals surface area contributed by atoms with E-state index < -0.39 is 0 Å². The van der Waals surface area contributed by atoms with Gasteiger partial charge in [-0.1, -0.05) is 24.6 Å². The molecule has 2 atom stereocenters. The highest BCUT2D eigenvalue weighted by atomic mass is 35.5. The normalized spacial score (nSPS) is 14.3. The summed E-state index contributed by atoms with van der Waals surface area (Å²) in [7, 11) is 0. The molecule has 0 aliphatic rings. The third kappa shape index (κ3) is 3.75. The Bertz CT molecular complexity index is 530. The van der Waals surface area contributed by atoms with Gasteiger partial charge in [0, 0.05) is 30.1 Å². The predicted octanol–water partition coefficient (Wildman–Crippen LogP) is 4.39. The van der Waals surface area contributed by atoms with Gasteiger partial charge in [0.25, 0.3) is 0 Å². The fourth-order valence-corrected chi connectivity index (χ4v) is 2.63. The lowest BCUT2D eigenvalue weighted by Crippen LogP contribution is -2.23. The Morgan fingerprint density at radius 1 is 1.42 bits per heavy atom. The van der Waals surface area contributed by atoms with Crippen molar-refractivity contribution in [2.75, 3.05) is 6.54 Å². The van der Waals surface area contributed by atoms with E-state index in [2.05, 4.69) is 17.2 Å². The minimum atomic E-state index is -0.374. The fraction of sp³-hybridized carbons (Fsp3) is 0.357. The molecule has 2 unspecified atom stereocenters. The molecule has 1 aromatic heterocycles. The molecule has 5 heteroatoms. The van der Waals surface area contributed by atoms with Crippen LogP contribution in [0.25, 0.3) is 0 Å². The molecule has 2 rings (SSSR count). The number of aromatic nitrogens is 1. The third-order valence-corrected chi connectivity index (χ3v) is 4.36. The van der Waals surface area contributed by atoms with Gasteiger partial charge >= 0.3 is 0 Å². The van der Waals surface area contributed by atoms with Gasteiger partial charge in [-0.2, -0.15) is 0 Å². The van der Waals surface area contributed by atoms with Crippen molar-refractivity contribution in [3.05, 3.63) is 51.2 Å². The van der Waals surface area contributed by atoms with Crippen LogP contribution in [-0.4, -0.2) is 11.5 Å². The molecule has 0 amide bonds. The summed E-state index contributed by atoms with van der Waals surface area (Å²) >= 11 is 7.33. The molecule has 2 aromatic rings. The largest absolute Gasteiger partial charge is 0.310 e. The first-order chi connectivity index (χ1) is 9.08. The number of benzene rings is 1. The molecule has 1 aromatic carbocycles. The van der Waals surface area contributed by atoms with Gasteiger partial charge in [0.1, 0.15) is 5.82 Å². The first kappa shape index (κ1) is 14.4. The van der Waals surface area contributed by atoms with Gasteiger partial charge in [0.15, 0.2) is 0 Å². The topological polar surface area (TPSA) is 24.9 Å². The highest BCUT2D eigenvalue weighted by Gasteiger charge is 2.12. The Balaban J connectivity index is 1.93. The molecule has 0 radical (unpaired) electrons. The fourth-order valence-electron chi connectivity index (χ4n) is 1.82. The van der Waals surface area contributed by atoms with Gasteiger partial charge in [-0.05, 0) is 24.6 Å². The number of nitrogens with one attached hydrogen (secondary N) is 1. The number of rotatable bonds is 5. The number of hydrogen-bond donors (Lipinski definition) is 1. The Morgan fingerprint density at radius 2 is 2.21 bits per heavy atom. The zero-order valence-corrected chi connectivity index (χ0v) is 12.4. The van der Waals surface area contributed by atoms with Crippen LogP contribution >= 0.6 is 22.9 Å². The van der Waals surface area contributed by atoms with Crippen LogP contribution in [-0.2, 0) is 0 Å². The predicted molar refractivity (Wildman–Crippen MR) is 78.4 cm³/mol. The van der Waals surface area contributed by atoms with Gasteiger partial charge in [0.05, 0.1) is 10.0 Å². The first-order valence-corrected chi connectivity index (χ1v) is 7.41. The van der Waals surface area contributed by atoms with Crippen LogP contribution in [0.3, 0.4) is 0 Å². The molecule has 1 heterocycles. The van der Waals surface area contributed by atoms with Gasteiger partial charge in [0.2, 0.25) is 0 Å². The third-order valence-electron chi connectivity index (χ3n) is 3.05. The minimum absolute atomic E-state index is 0.0779. The molecular weight excluding hydrogens is 283 g/mol. The van der Waals surface area contributed by atoms with E-state index in [1.807, 2.05) is 24.6 Å². The molecule has 0 bridgehead atoms. The van der Waals surface area contributed by atoms with E-state index in [1.54, 1.807) is 17.4 Å². The summed E-state index contributed by atoms with van der Waals surface area (Å²) in [6.07, 6.45) is 1.81. The van der Waals surface area contributed by atoms with E-state index in [4.69, 9.17) is 11.6 Å². The van der Waals surface area contributed by atoms with E-state index in [9.17, 15) is 4.39 Å². The van der Waals surface area contributed by atoms with Crippen molar-refractivity contribution < 1.29 is 4.39 Å². The molecule has 1 N–H and O–H groups in total. The molecule has 2 nitrogen and oxygen atoms in total. The van der Waals surface area contributed by atoms with Crippen molar-refractivity contribution in [3.63, 3.8) is 0 Å². The van der Waals surface area contributed by atoms with Crippen LogP contribution in [0.15, 0.2) is 29.8 Å². The Morgan fingerprint density at radius 3 is 2.84 bits per heavy atom. The van der Waals surface area contributed by atoms with Gasteiger partial charge in [-0.3, -0.25) is 0 Å². The molecular formula is C14H16ClFN2S. The lowest BCUT2D eigenvalue weighted by atomic mass is 10.1. The molecule has 0 saturated heterocycles. The van der Waals surface area contributed by atoms with Crippen molar-refractivity contribution in [1.29, 1.82) is 0 Å². The summed E-state index contributed by atoms with van der Waals surface area (Å²) in [4.78, 5) is 4.29. The van der Waals surface area contributed by atoms with E-state index in [1.165, 1.54) is 6.07 Å². The van der Waals surface area contributed by atoms with Gasteiger partial charge < -0.3 is 5.32 Å². The molecule has 0 spiro atoms. The van der Waals surface area contributed by atoms with Crippen molar-refractivity contribution in [2.45, 2.75) is 25.8 Å². The Labute approximate surface area is 121 Å². The van der Waals surface area contributed by atoms with Crippen LogP contribution < -0.4 is 5.32 Å². The van der Waals surface area contributed by atoms with Gasteiger partial charge in [-0.15, -0.1) is 11.3 Å². The highest BCUT2D eigenvalue weighted by Crippen LogP contribution is 2.21. The quantitative estimate of drug-likeness (QED) is 0.885. The van der Waals surface area contributed by atoms with Gasteiger partial charge in [-0.25, -0.2) is 9.37 Å². The molecule has 19 heavy (non-hydrogen) atoms. The van der Waals surface area contributed by atoms with E-state index >= 15 is 0 Å². The Kier molecular flexibility index (Phi) is 4.91. The van der Waals surface area contributed by atoms with E-state index in [0.717, 1.165) is 17.1 Å². The number of hydrogen-bond acceptors (Lipinski definition) is 3. The average molecular weight is 299 g/mol. The first-order valence-electron chi connectivity index (χ1n) is 6.15. The van der Waals surface area contributed by atoms with Crippen LogP contribution in [0, 0.1) is 5.82 Å². The summed E-state index contributed by atoms with van der Waals surface area (Å²) in [6.45, 7) is 4.94. The van der Waals surface area contributed by atoms with Crippen LogP contribution in [0.4, 0.5) is 4.39 Å². The zero-order valence-electron chi connectivity index (χ0n) is 10.9. The molecule has 0 aliphatic heterocycles. The van der Waals surface area contributed by atoms with Crippen LogP contribution in [0.1, 0.15) is 36.4 Å². The summed E-state index contributed by atoms with van der Waals surface area (Å²) < 4.78 is 13.4. The summed E-state index contributed by atoms with van der Waals surface area (Å²) in [6, 6.07) is 4.99. The minimum Gasteiger partial charge on any atom is -0.310 e. The number of thiazole rings is 1. The number of halogens is 2. The van der Waals surface area contributed by atoms with Crippen molar-refractivity contribution in [3.8, 4) is 0 Å². The van der Waals surface area contributed by atoms with E-state index in [0.29, 0.717) is 5.92 Å². The molecule has 0 fully saturated rings. The lowest BCUT2D eigenvalue weighted by Gasteiger charge is -2.17. The van der Waals surface area contributed by atoms with Crippen molar-refractivity contribution in [2.24, 2.45) is 0 Å². The maximum atomic E-state index is 13.4. The summed E-state index contributed by atoms with van der Waals surface area (Å²) in [5.74, 6) is -0.0274. The molecule has 0 saturated carbocycles. The lowest BCUT2D eigenvalue weighted by molar-refractivity contribution is 0.532. The second-order valence-corrected chi connectivity index (χ2v) is 5.91. The standard InChI is InChI=1S/C14H16ClFN2S/c1-9(14-17-5-6-19-14)8-18-10(2)11-3-4-12(15)13(16)7-11/h3-7,9-10,18H,8H2,1-2H3. The summed E-state index contributed by atoms with van der Waals surface area (Å²) in [5.41, 5.74) is 0.897. The smallest absolute Gasteiger partial charge is 0.142 e.